The van der Waals surface area contributed by atoms with Crippen LogP contribution in [0.2, 0.25) is 0 Å². The Labute approximate surface area is 134 Å². The Morgan fingerprint density at radius 2 is 2.13 bits per heavy atom. The second-order valence-electron chi connectivity index (χ2n) is 6.11. The first-order chi connectivity index (χ1) is 10.7. The van der Waals surface area contributed by atoms with Crippen molar-refractivity contribution in [1.29, 1.82) is 0 Å². The topological polar surface area (TPSA) is 68.3 Å². The molecular formula is C16H17FN2O3S. The maximum atomic E-state index is 13.0. The number of hydrogen-bond donors (Lipinski definition) is 1. The van der Waals surface area contributed by atoms with Crippen molar-refractivity contribution in [2.24, 2.45) is 0 Å². The Kier molecular flexibility index (Phi) is 3.75. The van der Waals surface area contributed by atoms with Gasteiger partial charge in [-0.15, -0.1) is 3.89 Å². The largest absolute Gasteiger partial charge is 0.485 e. The molecule has 1 aliphatic rings. The van der Waals surface area contributed by atoms with Crippen LogP contribution in [0.4, 0.5) is 9.57 Å². The molecule has 0 atom stereocenters. The van der Waals surface area contributed by atoms with E-state index in [4.69, 9.17) is 4.74 Å². The highest BCUT2D eigenvalue weighted by Gasteiger charge is 2.31. The predicted molar refractivity (Wildman–Crippen MR) is 84.7 cm³/mol. The van der Waals surface area contributed by atoms with Crippen molar-refractivity contribution in [3.05, 3.63) is 47.8 Å². The summed E-state index contributed by atoms with van der Waals surface area (Å²) in [5.74, 6) is 0.798. The highest BCUT2D eigenvalue weighted by atomic mass is 32.3. The van der Waals surface area contributed by atoms with Crippen molar-refractivity contribution in [1.82, 2.24) is 4.98 Å². The second-order valence-corrected chi connectivity index (χ2v) is 7.45. The molecule has 2 heterocycles. The van der Waals surface area contributed by atoms with Crippen LogP contribution in [0.5, 0.6) is 5.75 Å². The Balaban J connectivity index is 1.80. The fraction of sp³-hybridized carbons (Fsp3) is 0.312. The molecule has 1 aromatic carbocycles. The van der Waals surface area contributed by atoms with Gasteiger partial charge in [0.2, 0.25) is 0 Å². The van der Waals surface area contributed by atoms with E-state index < -0.39 is 10.2 Å². The normalized spacial score (nSPS) is 15.8. The third-order valence-corrected chi connectivity index (χ3v) is 4.44. The molecule has 0 bridgehead atoms. The monoisotopic (exact) mass is 336 g/mol. The first-order valence-electron chi connectivity index (χ1n) is 7.19. The van der Waals surface area contributed by atoms with E-state index in [1.807, 2.05) is 32.0 Å². The number of ether oxygens (including phenoxy) is 1. The number of pyridine rings is 1. The van der Waals surface area contributed by atoms with Crippen molar-refractivity contribution < 1.29 is 17.0 Å². The van der Waals surface area contributed by atoms with Gasteiger partial charge in [-0.05, 0) is 32.0 Å². The molecule has 7 heteroatoms. The quantitative estimate of drug-likeness (QED) is 0.869. The number of hydrogen-bond acceptors (Lipinski definition) is 5. The summed E-state index contributed by atoms with van der Waals surface area (Å²) in [6.45, 7) is 4.31. The van der Waals surface area contributed by atoms with Gasteiger partial charge in [0, 0.05) is 18.2 Å². The maximum absolute atomic E-state index is 13.0. The molecule has 0 unspecified atom stereocenters. The average Bonchev–Trinajstić information content (AvgIpc) is 2.79. The minimum absolute atomic E-state index is 0.249. The number of anilines is 1. The van der Waals surface area contributed by atoms with Gasteiger partial charge in [0.15, 0.2) is 0 Å². The maximum Gasteiger partial charge on any atom is 0.332 e. The van der Waals surface area contributed by atoms with E-state index in [1.54, 1.807) is 0 Å². The first-order valence-corrected chi connectivity index (χ1v) is 8.57. The van der Waals surface area contributed by atoms with Gasteiger partial charge in [-0.25, -0.2) is 0 Å². The van der Waals surface area contributed by atoms with Gasteiger partial charge in [-0.2, -0.15) is 8.42 Å². The van der Waals surface area contributed by atoms with E-state index in [9.17, 15) is 12.3 Å². The van der Waals surface area contributed by atoms with Crippen molar-refractivity contribution in [3.63, 3.8) is 0 Å². The van der Waals surface area contributed by atoms with Crippen LogP contribution < -0.4 is 10.1 Å². The molecular weight excluding hydrogens is 319 g/mol. The van der Waals surface area contributed by atoms with Gasteiger partial charge in [0.1, 0.15) is 16.2 Å². The molecule has 0 amide bonds. The number of aromatic nitrogens is 1. The molecule has 1 aromatic heterocycles. The summed E-state index contributed by atoms with van der Waals surface area (Å²) in [7, 11) is -4.73. The zero-order valence-corrected chi connectivity index (χ0v) is 13.7. The summed E-state index contributed by atoms with van der Waals surface area (Å²) in [4.78, 5) is 3.67. The molecule has 3 rings (SSSR count). The lowest BCUT2D eigenvalue weighted by Gasteiger charge is -2.18. The number of rotatable bonds is 4. The Hall–Kier alpha value is -2.15. The molecule has 5 nitrogen and oxygen atoms in total. The predicted octanol–water partition coefficient (Wildman–Crippen LogP) is 3.07. The Bertz CT molecular complexity index is 850. The van der Waals surface area contributed by atoms with Crippen LogP contribution >= 0.6 is 0 Å². The summed E-state index contributed by atoms with van der Waals surface area (Å²) in [6.07, 6.45) is 2.10. The molecule has 0 saturated heterocycles. The third-order valence-electron chi connectivity index (χ3n) is 3.62. The van der Waals surface area contributed by atoms with E-state index in [0.29, 0.717) is 5.69 Å². The first kappa shape index (κ1) is 15.7. The molecule has 2 aromatic rings. The van der Waals surface area contributed by atoms with E-state index in [2.05, 4.69) is 10.3 Å². The van der Waals surface area contributed by atoms with Crippen molar-refractivity contribution in [2.45, 2.75) is 37.3 Å². The fourth-order valence-corrected chi connectivity index (χ4v) is 3.15. The number of para-hydroxylation sites is 1. The van der Waals surface area contributed by atoms with Crippen LogP contribution in [-0.4, -0.2) is 19.0 Å². The molecule has 0 spiro atoms. The number of fused-ring (bicyclic) bond motifs is 1. The van der Waals surface area contributed by atoms with E-state index in [1.165, 1.54) is 12.3 Å². The molecule has 0 saturated carbocycles. The van der Waals surface area contributed by atoms with Gasteiger partial charge in [0.25, 0.3) is 0 Å². The highest BCUT2D eigenvalue weighted by molar-refractivity contribution is 7.86. The third kappa shape index (κ3) is 3.44. The van der Waals surface area contributed by atoms with Gasteiger partial charge in [-0.1, -0.05) is 12.1 Å². The molecule has 0 radical (unpaired) electrons. The number of nitrogens with zero attached hydrogens (tertiary/aromatic N) is 1. The van der Waals surface area contributed by atoms with Crippen LogP contribution in [0.15, 0.2) is 41.4 Å². The molecule has 0 aliphatic carbocycles. The fourth-order valence-electron chi connectivity index (χ4n) is 2.64. The van der Waals surface area contributed by atoms with Crippen LogP contribution in [0, 0.1) is 0 Å². The van der Waals surface area contributed by atoms with E-state index in [-0.39, 0.29) is 17.0 Å². The molecule has 122 valence electrons. The van der Waals surface area contributed by atoms with Crippen LogP contribution in [0.25, 0.3) is 0 Å². The van der Waals surface area contributed by atoms with Crippen molar-refractivity contribution in [2.75, 3.05) is 5.32 Å². The Morgan fingerprint density at radius 3 is 2.87 bits per heavy atom. The number of benzene rings is 1. The van der Waals surface area contributed by atoms with Gasteiger partial charge in [-0.3, -0.25) is 4.98 Å². The summed E-state index contributed by atoms with van der Waals surface area (Å²) < 4.78 is 40.9. The highest BCUT2D eigenvalue weighted by Crippen LogP contribution is 2.40. The second kappa shape index (κ2) is 5.49. The number of halogens is 1. The number of nitrogens with one attached hydrogen (secondary N) is 1. The lowest BCUT2D eigenvalue weighted by Crippen LogP contribution is -2.24. The summed E-state index contributed by atoms with van der Waals surface area (Å²) in [5.41, 5.74) is 2.11. The molecule has 23 heavy (non-hydrogen) atoms. The zero-order valence-electron chi connectivity index (χ0n) is 12.8. The minimum Gasteiger partial charge on any atom is -0.485 e. The van der Waals surface area contributed by atoms with Gasteiger partial charge < -0.3 is 10.1 Å². The van der Waals surface area contributed by atoms with Gasteiger partial charge in [0.05, 0.1) is 17.9 Å². The lowest BCUT2D eigenvalue weighted by atomic mass is 10.0. The lowest BCUT2D eigenvalue weighted by molar-refractivity contribution is 0.139. The molecule has 1 N–H and O–H groups in total. The molecule has 0 fully saturated rings. The van der Waals surface area contributed by atoms with Crippen molar-refractivity contribution >= 4 is 15.9 Å². The smallest absolute Gasteiger partial charge is 0.332 e. The van der Waals surface area contributed by atoms with Crippen LogP contribution in [-0.2, 0) is 23.2 Å². The Morgan fingerprint density at radius 1 is 1.35 bits per heavy atom. The summed E-state index contributed by atoms with van der Waals surface area (Å²) >= 11 is 0. The SMILES string of the molecule is CC1(C)Cc2cccc(NCc3cc(S(=O)(=O)F)ccn3)c2O1. The minimum atomic E-state index is -4.73. The van der Waals surface area contributed by atoms with Crippen molar-refractivity contribution in [3.8, 4) is 5.75 Å². The summed E-state index contributed by atoms with van der Waals surface area (Å²) in [6, 6.07) is 8.18. The standard InChI is InChI=1S/C16H17FN2O3S/c1-16(2)9-11-4-3-5-14(15(11)22-16)19-10-12-8-13(6-7-18-12)23(17,20)21/h3-8,19H,9-10H2,1-2H3. The van der Waals surface area contributed by atoms with E-state index in [0.717, 1.165) is 29.5 Å². The average molecular weight is 336 g/mol. The molecule has 1 aliphatic heterocycles. The van der Waals surface area contributed by atoms with E-state index >= 15 is 0 Å². The summed E-state index contributed by atoms with van der Waals surface area (Å²) in [5, 5.41) is 3.17. The van der Waals surface area contributed by atoms with Crippen LogP contribution in [0.3, 0.4) is 0 Å². The van der Waals surface area contributed by atoms with Gasteiger partial charge >= 0.3 is 10.2 Å². The van der Waals surface area contributed by atoms with Crippen LogP contribution in [0.1, 0.15) is 25.1 Å². The zero-order chi connectivity index (χ0) is 16.7.